The van der Waals surface area contributed by atoms with Crippen LogP contribution in [0.2, 0.25) is 18.1 Å². The Morgan fingerprint density at radius 2 is 2.00 bits per heavy atom. The first-order chi connectivity index (χ1) is 8.58. The summed E-state index contributed by atoms with van der Waals surface area (Å²) in [5.74, 6) is -0.229. The maximum Gasteiger partial charge on any atom is 0.313 e. The third kappa shape index (κ3) is 3.92. The topological polar surface area (TPSA) is 35.5 Å². The molecular weight excluding hydrogens is 256 g/mol. The number of rotatable bonds is 4. The van der Waals surface area contributed by atoms with Gasteiger partial charge in [0.15, 0.2) is 8.32 Å². The molecule has 110 valence electrons. The molecule has 0 aromatic carbocycles. The molecule has 1 aliphatic rings. The summed E-state index contributed by atoms with van der Waals surface area (Å²) in [6.07, 6.45) is 2.90. The molecule has 0 N–H and O–H groups in total. The molecular formula is C15H28O3Si. The molecule has 2 atom stereocenters. The van der Waals surface area contributed by atoms with Gasteiger partial charge in [-0.3, -0.25) is 4.79 Å². The van der Waals surface area contributed by atoms with Crippen LogP contribution in [0.3, 0.4) is 0 Å². The zero-order valence-electron chi connectivity index (χ0n) is 13.4. The highest BCUT2D eigenvalue weighted by atomic mass is 28.4. The molecule has 0 amide bonds. The molecule has 0 saturated heterocycles. The molecule has 0 aromatic rings. The summed E-state index contributed by atoms with van der Waals surface area (Å²) in [5, 5.41) is 0.191. The molecule has 0 spiro atoms. The average Bonchev–Trinajstić information content (AvgIpc) is 2.57. The van der Waals surface area contributed by atoms with Crippen molar-refractivity contribution in [2.75, 3.05) is 6.61 Å². The predicted molar refractivity (Wildman–Crippen MR) is 80.6 cm³/mol. The molecule has 0 heterocycles. The van der Waals surface area contributed by atoms with Crippen LogP contribution in [0.25, 0.3) is 0 Å². The van der Waals surface area contributed by atoms with E-state index in [-0.39, 0.29) is 23.0 Å². The van der Waals surface area contributed by atoms with Gasteiger partial charge in [-0.1, -0.05) is 32.4 Å². The first-order valence-corrected chi connectivity index (χ1v) is 10.0. The second kappa shape index (κ2) is 5.79. The summed E-state index contributed by atoms with van der Waals surface area (Å²) in [6.45, 7) is 15.5. The SMILES string of the molecule is CCOC(=O)[C@H]1C[C@@H](O[Si](C)(C)C(C)(C)C)C=C1C. The van der Waals surface area contributed by atoms with Gasteiger partial charge in [0.2, 0.25) is 0 Å². The van der Waals surface area contributed by atoms with Crippen molar-refractivity contribution in [3.8, 4) is 0 Å². The van der Waals surface area contributed by atoms with Crippen LogP contribution in [-0.2, 0) is 14.0 Å². The van der Waals surface area contributed by atoms with Gasteiger partial charge in [0.05, 0.1) is 18.6 Å². The van der Waals surface area contributed by atoms with E-state index in [2.05, 4.69) is 39.9 Å². The third-order valence-corrected chi connectivity index (χ3v) is 8.79. The molecule has 1 aliphatic carbocycles. The van der Waals surface area contributed by atoms with Crippen molar-refractivity contribution in [3.63, 3.8) is 0 Å². The lowest BCUT2D eigenvalue weighted by molar-refractivity contribution is -0.146. The second-order valence-corrected chi connectivity index (χ2v) is 11.6. The van der Waals surface area contributed by atoms with Crippen molar-refractivity contribution < 1.29 is 14.0 Å². The van der Waals surface area contributed by atoms with Crippen LogP contribution in [0, 0.1) is 5.92 Å². The number of hydrogen-bond donors (Lipinski definition) is 0. The minimum absolute atomic E-state index is 0.0651. The minimum Gasteiger partial charge on any atom is -0.466 e. The van der Waals surface area contributed by atoms with Crippen LogP contribution < -0.4 is 0 Å². The standard InChI is InChI=1S/C15H28O3Si/c1-8-17-14(16)13-10-12(9-11(13)2)18-19(6,7)15(3,4)5/h9,12-13H,8,10H2,1-7H3/t12-,13-/m0/s1. The van der Waals surface area contributed by atoms with E-state index >= 15 is 0 Å². The van der Waals surface area contributed by atoms with Gasteiger partial charge in [-0.15, -0.1) is 0 Å². The van der Waals surface area contributed by atoms with E-state index < -0.39 is 8.32 Å². The number of ether oxygens (including phenoxy) is 1. The fraction of sp³-hybridized carbons (Fsp3) is 0.800. The van der Waals surface area contributed by atoms with E-state index in [1.165, 1.54) is 0 Å². The van der Waals surface area contributed by atoms with E-state index in [1.807, 2.05) is 13.8 Å². The molecule has 19 heavy (non-hydrogen) atoms. The summed E-state index contributed by atoms with van der Waals surface area (Å²) in [5.41, 5.74) is 1.09. The summed E-state index contributed by atoms with van der Waals surface area (Å²) < 4.78 is 11.5. The highest BCUT2D eigenvalue weighted by Crippen LogP contribution is 2.40. The van der Waals surface area contributed by atoms with Crippen LogP contribution >= 0.6 is 0 Å². The van der Waals surface area contributed by atoms with Gasteiger partial charge >= 0.3 is 5.97 Å². The lowest BCUT2D eigenvalue weighted by Gasteiger charge is -2.38. The molecule has 0 bridgehead atoms. The van der Waals surface area contributed by atoms with Gasteiger partial charge in [0.25, 0.3) is 0 Å². The Hall–Kier alpha value is -0.613. The smallest absolute Gasteiger partial charge is 0.313 e. The first-order valence-electron chi connectivity index (χ1n) is 7.11. The van der Waals surface area contributed by atoms with Crippen molar-refractivity contribution in [1.29, 1.82) is 0 Å². The van der Waals surface area contributed by atoms with Crippen molar-refractivity contribution in [3.05, 3.63) is 11.6 Å². The Balaban J connectivity index is 2.69. The Kier molecular flexibility index (Phi) is 5.01. The number of hydrogen-bond acceptors (Lipinski definition) is 3. The molecule has 3 nitrogen and oxygen atoms in total. The molecule has 0 radical (unpaired) electrons. The first kappa shape index (κ1) is 16.4. The molecule has 0 unspecified atom stereocenters. The van der Waals surface area contributed by atoms with Crippen LogP contribution in [0.5, 0.6) is 0 Å². The Morgan fingerprint density at radius 1 is 1.42 bits per heavy atom. The molecule has 0 aromatic heterocycles. The predicted octanol–water partition coefficient (Wildman–Crippen LogP) is 3.91. The monoisotopic (exact) mass is 284 g/mol. The van der Waals surface area contributed by atoms with Gasteiger partial charge in [-0.05, 0) is 38.4 Å². The number of esters is 1. The average molecular weight is 284 g/mol. The van der Waals surface area contributed by atoms with E-state index in [4.69, 9.17) is 9.16 Å². The van der Waals surface area contributed by atoms with E-state index in [0.717, 1.165) is 12.0 Å². The Labute approximate surface area is 118 Å². The van der Waals surface area contributed by atoms with Gasteiger partial charge in [0, 0.05) is 0 Å². The van der Waals surface area contributed by atoms with Gasteiger partial charge in [0.1, 0.15) is 0 Å². The van der Waals surface area contributed by atoms with Crippen molar-refractivity contribution in [2.45, 2.75) is 65.3 Å². The van der Waals surface area contributed by atoms with Crippen LogP contribution in [0.15, 0.2) is 11.6 Å². The maximum atomic E-state index is 11.9. The molecule has 0 aliphatic heterocycles. The van der Waals surface area contributed by atoms with Crippen LogP contribution in [0.4, 0.5) is 0 Å². The van der Waals surface area contributed by atoms with Gasteiger partial charge in [-0.25, -0.2) is 0 Å². The van der Waals surface area contributed by atoms with Crippen molar-refractivity contribution >= 4 is 14.3 Å². The zero-order chi connectivity index (χ0) is 14.8. The fourth-order valence-corrected chi connectivity index (χ4v) is 3.33. The third-order valence-electron chi connectivity index (χ3n) is 4.29. The quantitative estimate of drug-likeness (QED) is 0.446. The molecule has 1 rings (SSSR count). The summed E-state index contributed by atoms with van der Waals surface area (Å²) in [6, 6.07) is 0. The molecule has 0 saturated carbocycles. The number of carbonyl (C=O) groups excluding carboxylic acids is 1. The lowest BCUT2D eigenvalue weighted by atomic mass is 10.0. The summed E-state index contributed by atoms with van der Waals surface area (Å²) in [4.78, 5) is 11.9. The van der Waals surface area contributed by atoms with Gasteiger partial charge in [-0.2, -0.15) is 0 Å². The Morgan fingerprint density at radius 3 is 2.47 bits per heavy atom. The van der Waals surface area contributed by atoms with E-state index in [1.54, 1.807) is 0 Å². The van der Waals surface area contributed by atoms with Crippen molar-refractivity contribution in [1.82, 2.24) is 0 Å². The summed E-state index contributed by atoms with van der Waals surface area (Å²) in [7, 11) is -1.78. The van der Waals surface area contributed by atoms with Gasteiger partial charge < -0.3 is 9.16 Å². The van der Waals surface area contributed by atoms with Crippen LogP contribution in [0.1, 0.15) is 41.0 Å². The van der Waals surface area contributed by atoms with E-state index in [9.17, 15) is 4.79 Å². The van der Waals surface area contributed by atoms with Crippen LogP contribution in [-0.4, -0.2) is 27.0 Å². The fourth-order valence-electron chi connectivity index (χ4n) is 2.06. The second-order valence-electron chi connectivity index (χ2n) is 6.87. The van der Waals surface area contributed by atoms with Crippen molar-refractivity contribution in [2.24, 2.45) is 5.92 Å². The normalized spacial score (nSPS) is 24.3. The molecule has 0 fully saturated rings. The largest absolute Gasteiger partial charge is 0.466 e. The Bertz CT molecular complexity index is 366. The lowest BCUT2D eigenvalue weighted by Crippen LogP contribution is -2.43. The highest BCUT2D eigenvalue weighted by Gasteiger charge is 2.41. The molecule has 4 heteroatoms. The maximum absolute atomic E-state index is 11.9. The minimum atomic E-state index is -1.78. The highest BCUT2D eigenvalue weighted by molar-refractivity contribution is 6.74. The van der Waals surface area contributed by atoms with E-state index in [0.29, 0.717) is 6.61 Å². The zero-order valence-corrected chi connectivity index (χ0v) is 14.4. The number of carbonyl (C=O) groups is 1. The summed E-state index contributed by atoms with van der Waals surface area (Å²) >= 11 is 0.